The molecule has 0 aromatic heterocycles. The Kier molecular flexibility index (Phi) is 8.44. The lowest BCUT2D eigenvalue weighted by Gasteiger charge is -2.40. The molecule has 0 saturated carbocycles. The molecule has 5 rings (SSSR count). The molecule has 3 aromatic rings. The van der Waals surface area contributed by atoms with Gasteiger partial charge in [0.1, 0.15) is 6.04 Å². The molecule has 1 atom stereocenters. The summed E-state index contributed by atoms with van der Waals surface area (Å²) in [7, 11) is -3.43. The van der Waals surface area contributed by atoms with Crippen molar-refractivity contribution >= 4 is 27.5 Å². The highest BCUT2D eigenvalue weighted by Gasteiger charge is 2.47. The molecule has 9 nitrogen and oxygen atoms in total. The number of nitrogens with two attached hydrogens (primary N) is 1. The lowest BCUT2D eigenvalue weighted by atomic mass is 9.74. The molecule has 3 aromatic carbocycles. The van der Waals surface area contributed by atoms with E-state index in [9.17, 15) is 18.0 Å². The fourth-order valence-corrected chi connectivity index (χ4v) is 6.76. The predicted octanol–water partition coefficient (Wildman–Crippen LogP) is 2.80. The van der Waals surface area contributed by atoms with Crippen molar-refractivity contribution in [3.05, 3.63) is 101 Å². The number of likely N-dealkylation sites (tertiary alicyclic amines) is 1. The minimum atomic E-state index is -3.43. The number of sulfonamides is 1. The molecule has 2 heterocycles. The predicted molar refractivity (Wildman–Crippen MR) is 158 cm³/mol. The number of carbonyl (C=O) groups is 2. The number of piperidine rings is 1. The van der Waals surface area contributed by atoms with E-state index in [2.05, 4.69) is 5.32 Å². The van der Waals surface area contributed by atoms with Crippen LogP contribution in [0.1, 0.15) is 39.9 Å². The van der Waals surface area contributed by atoms with Crippen molar-refractivity contribution in [3.8, 4) is 0 Å². The van der Waals surface area contributed by atoms with Gasteiger partial charge in [-0.15, -0.1) is 0 Å². The van der Waals surface area contributed by atoms with E-state index >= 15 is 0 Å². The number of para-hydroxylation sites is 1. The van der Waals surface area contributed by atoms with Crippen LogP contribution in [0.5, 0.6) is 0 Å². The van der Waals surface area contributed by atoms with Crippen LogP contribution in [0.2, 0.25) is 0 Å². The number of carbonyl (C=O) groups excluding carboxylic acids is 2. The first-order valence-electron chi connectivity index (χ1n) is 13.8. The summed E-state index contributed by atoms with van der Waals surface area (Å²) in [5.41, 5.74) is 9.36. The van der Waals surface area contributed by atoms with Crippen molar-refractivity contribution in [1.29, 1.82) is 0 Å². The third-order valence-corrected chi connectivity index (χ3v) is 9.20. The number of fused-ring (bicyclic) bond motifs is 2. The first-order chi connectivity index (χ1) is 19.7. The van der Waals surface area contributed by atoms with Gasteiger partial charge in [-0.2, -0.15) is 0 Å². The standard InChI is InChI=1S/C31H36N4O5S/c1-41(38,39)35-22-31(26-9-5-6-10-28(26)35)15-17-34(18-16-31)30(37)27(21-40-20-24-7-3-2-4-8-24)33-29(36)25-13-11-23(19-32)12-14-25/h2-14,27H,15-22,32H2,1H3,(H,33,36)/t27-/m1/s1. The second kappa shape index (κ2) is 12.0. The highest BCUT2D eigenvalue weighted by atomic mass is 32.2. The maximum absolute atomic E-state index is 13.8. The summed E-state index contributed by atoms with van der Waals surface area (Å²) in [5.74, 6) is -0.580. The van der Waals surface area contributed by atoms with E-state index in [1.165, 1.54) is 10.6 Å². The number of nitrogens with zero attached hydrogens (tertiary/aromatic N) is 2. The fraction of sp³-hybridized carbons (Fsp3) is 0.355. The maximum atomic E-state index is 13.8. The first-order valence-corrected chi connectivity index (χ1v) is 15.6. The molecule has 10 heteroatoms. The van der Waals surface area contributed by atoms with Gasteiger partial charge >= 0.3 is 0 Å². The van der Waals surface area contributed by atoms with Crippen LogP contribution in [-0.2, 0) is 38.1 Å². The first kappa shape index (κ1) is 28.8. The van der Waals surface area contributed by atoms with Gasteiger partial charge in [-0.25, -0.2) is 8.42 Å². The quantitative estimate of drug-likeness (QED) is 0.404. The van der Waals surface area contributed by atoms with E-state index in [0.717, 1.165) is 22.4 Å². The zero-order valence-corrected chi connectivity index (χ0v) is 24.0. The average molecular weight is 577 g/mol. The highest BCUT2D eigenvalue weighted by Crippen LogP contribution is 2.47. The van der Waals surface area contributed by atoms with Crippen molar-refractivity contribution in [1.82, 2.24) is 10.2 Å². The van der Waals surface area contributed by atoms with Crippen LogP contribution >= 0.6 is 0 Å². The highest BCUT2D eigenvalue weighted by molar-refractivity contribution is 7.92. The fourth-order valence-electron chi connectivity index (χ4n) is 5.76. The molecular formula is C31H36N4O5S. The number of benzene rings is 3. The van der Waals surface area contributed by atoms with Gasteiger partial charge in [0.25, 0.3) is 5.91 Å². The van der Waals surface area contributed by atoms with Crippen LogP contribution in [-0.4, -0.2) is 63.7 Å². The van der Waals surface area contributed by atoms with Gasteiger partial charge in [0.15, 0.2) is 0 Å². The number of hydrogen-bond donors (Lipinski definition) is 2. The van der Waals surface area contributed by atoms with Gasteiger partial charge in [-0.1, -0.05) is 60.7 Å². The monoisotopic (exact) mass is 576 g/mol. The number of nitrogens with one attached hydrogen (secondary N) is 1. The Morgan fingerprint density at radius 2 is 1.61 bits per heavy atom. The largest absolute Gasteiger partial charge is 0.374 e. The van der Waals surface area contributed by atoms with Crippen molar-refractivity contribution in [2.24, 2.45) is 5.73 Å². The Bertz CT molecular complexity index is 1490. The van der Waals surface area contributed by atoms with E-state index < -0.39 is 16.1 Å². The minimum absolute atomic E-state index is 0.0205. The Labute approximate surface area is 241 Å². The van der Waals surface area contributed by atoms with E-state index in [1.54, 1.807) is 29.2 Å². The number of ether oxygens (including phenoxy) is 1. The Morgan fingerprint density at radius 3 is 2.27 bits per heavy atom. The van der Waals surface area contributed by atoms with E-state index in [-0.39, 0.29) is 23.8 Å². The molecule has 1 spiro atoms. The molecule has 3 N–H and O–H groups in total. The van der Waals surface area contributed by atoms with Crippen LogP contribution in [0, 0.1) is 0 Å². The zero-order valence-electron chi connectivity index (χ0n) is 23.2. The van der Waals surface area contributed by atoms with Gasteiger partial charge in [0.2, 0.25) is 15.9 Å². The van der Waals surface area contributed by atoms with Crippen molar-refractivity contribution in [3.63, 3.8) is 0 Å². The van der Waals surface area contributed by atoms with Crippen molar-refractivity contribution < 1.29 is 22.7 Å². The molecule has 2 aliphatic heterocycles. The molecule has 0 aliphatic carbocycles. The lowest BCUT2D eigenvalue weighted by molar-refractivity contribution is -0.136. The third kappa shape index (κ3) is 6.29. The molecule has 41 heavy (non-hydrogen) atoms. The topological polar surface area (TPSA) is 122 Å². The Hall–Kier alpha value is -3.73. The summed E-state index contributed by atoms with van der Waals surface area (Å²) in [6.07, 6.45) is 2.47. The Balaban J connectivity index is 1.30. The minimum Gasteiger partial charge on any atom is -0.374 e. The summed E-state index contributed by atoms with van der Waals surface area (Å²) >= 11 is 0. The molecule has 2 aliphatic rings. The SMILES string of the molecule is CS(=O)(=O)N1CC2(CCN(C(=O)[C@@H](COCc3ccccc3)NC(=O)c3ccc(CN)cc3)CC2)c2ccccc21. The molecule has 0 radical (unpaired) electrons. The molecule has 0 bridgehead atoms. The molecule has 1 fully saturated rings. The van der Waals surface area contributed by atoms with E-state index in [1.807, 2.05) is 54.6 Å². The van der Waals surface area contributed by atoms with Gasteiger partial charge in [0.05, 0.1) is 25.2 Å². The third-order valence-electron chi connectivity index (χ3n) is 8.07. The van der Waals surface area contributed by atoms with Crippen LogP contribution in [0.3, 0.4) is 0 Å². The average Bonchev–Trinajstić information content (AvgIpc) is 3.31. The number of hydrogen-bond acceptors (Lipinski definition) is 6. The maximum Gasteiger partial charge on any atom is 0.251 e. The molecular weight excluding hydrogens is 540 g/mol. The number of amides is 2. The van der Waals surface area contributed by atoms with Crippen LogP contribution in [0.15, 0.2) is 78.9 Å². The number of anilines is 1. The van der Waals surface area contributed by atoms with Crippen LogP contribution in [0.4, 0.5) is 5.69 Å². The molecule has 1 saturated heterocycles. The normalized spacial score (nSPS) is 16.8. The summed E-state index contributed by atoms with van der Waals surface area (Å²) in [6.45, 7) is 1.97. The smallest absolute Gasteiger partial charge is 0.251 e. The summed E-state index contributed by atoms with van der Waals surface area (Å²) < 4.78 is 32.5. The van der Waals surface area contributed by atoms with Gasteiger partial charge < -0.3 is 20.7 Å². The lowest BCUT2D eigenvalue weighted by Crippen LogP contribution is -2.55. The zero-order chi connectivity index (χ0) is 29.0. The van der Waals surface area contributed by atoms with Crippen molar-refractivity contribution in [2.45, 2.75) is 37.5 Å². The Morgan fingerprint density at radius 1 is 0.951 bits per heavy atom. The van der Waals surface area contributed by atoms with Crippen molar-refractivity contribution in [2.75, 3.05) is 36.8 Å². The summed E-state index contributed by atoms with van der Waals surface area (Å²) in [4.78, 5) is 28.7. The second-order valence-electron chi connectivity index (χ2n) is 10.8. The van der Waals surface area contributed by atoms with Gasteiger partial charge in [0, 0.05) is 37.2 Å². The van der Waals surface area contributed by atoms with E-state index in [4.69, 9.17) is 10.5 Å². The second-order valence-corrected chi connectivity index (χ2v) is 12.7. The van der Waals surface area contributed by atoms with Crippen LogP contribution < -0.4 is 15.4 Å². The van der Waals surface area contributed by atoms with Gasteiger partial charge in [-0.05, 0) is 47.7 Å². The van der Waals surface area contributed by atoms with E-state index in [0.29, 0.717) is 51.2 Å². The number of rotatable bonds is 9. The van der Waals surface area contributed by atoms with Gasteiger partial charge in [-0.3, -0.25) is 13.9 Å². The summed E-state index contributed by atoms with van der Waals surface area (Å²) in [6, 6.07) is 23.4. The molecule has 216 valence electrons. The molecule has 0 unspecified atom stereocenters. The molecule has 2 amide bonds. The van der Waals surface area contributed by atoms with Crippen LogP contribution in [0.25, 0.3) is 0 Å². The summed E-state index contributed by atoms with van der Waals surface area (Å²) in [5, 5.41) is 2.88.